The summed E-state index contributed by atoms with van der Waals surface area (Å²) in [6.45, 7) is 0. The smallest absolute Gasteiger partial charge is 0.257 e. The van der Waals surface area contributed by atoms with Crippen molar-refractivity contribution in [3.8, 4) is 0 Å². The lowest BCUT2D eigenvalue weighted by Gasteiger charge is -2.13. The molecule has 1 aliphatic rings. The predicted octanol–water partition coefficient (Wildman–Crippen LogP) is 3.47. The SMILES string of the molecule is NC(=O)Cc1ccc(NC(=O)c2cc3ccccc3cc2NC(=O)C2CC2)cc1. The van der Waals surface area contributed by atoms with E-state index in [4.69, 9.17) is 5.73 Å². The topological polar surface area (TPSA) is 101 Å². The maximum atomic E-state index is 13.0. The van der Waals surface area contributed by atoms with Gasteiger partial charge in [0.15, 0.2) is 0 Å². The molecule has 3 amide bonds. The van der Waals surface area contributed by atoms with Crippen LogP contribution in [0.3, 0.4) is 0 Å². The molecule has 146 valence electrons. The van der Waals surface area contributed by atoms with E-state index >= 15 is 0 Å². The molecule has 0 heterocycles. The van der Waals surface area contributed by atoms with Crippen LogP contribution in [0.4, 0.5) is 11.4 Å². The fraction of sp³-hybridized carbons (Fsp3) is 0.174. The van der Waals surface area contributed by atoms with Gasteiger partial charge in [-0.2, -0.15) is 0 Å². The molecule has 29 heavy (non-hydrogen) atoms. The molecule has 0 atom stereocenters. The molecule has 3 aromatic carbocycles. The van der Waals surface area contributed by atoms with Crippen molar-refractivity contribution in [1.82, 2.24) is 0 Å². The van der Waals surface area contributed by atoms with Gasteiger partial charge in [-0.15, -0.1) is 0 Å². The van der Waals surface area contributed by atoms with Crippen molar-refractivity contribution in [3.05, 3.63) is 71.8 Å². The first-order valence-corrected chi connectivity index (χ1v) is 9.52. The maximum Gasteiger partial charge on any atom is 0.257 e. The van der Waals surface area contributed by atoms with Crippen molar-refractivity contribution >= 4 is 39.9 Å². The number of amides is 3. The van der Waals surface area contributed by atoms with Crippen molar-refractivity contribution in [2.45, 2.75) is 19.3 Å². The number of anilines is 2. The lowest BCUT2D eigenvalue weighted by molar-refractivity contribution is -0.118. The van der Waals surface area contributed by atoms with Gasteiger partial charge in [0.1, 0.15) is 0 Å². The second-order valence-corrected chi connectivity index (χ2v) is 7.30. The third kappa shape index (κ3) is 4.43. The van der Waals surface area contributed by atoms with Gasteiger partial charge in [0, 0.05) is 11.6 Å². The van der Waals surface area contributed by atoms with Crippen LogP contribution in [0.15, 0.2) is 60.7 Å². The Bertz CT molecular complexity index is 1100. The number of fused-ring (bicyclic) bond motifs is 1. The van der Waals surface area contributed by atoms with Crippen molar-refractivity contribution in [1.29, 1.82) is 0 Å². The van der Waals surface area contributed by atoms with Crippen LogP contribution in [0.25, 0.3) is 10.8 Å². The Morgan fingerprint density at radius 2 is 1.55 bits per heavy atom. The maximum absolute atomic E-state index is 13.0. The van der Waals surface area contributed by atoms with E-state index in [0.29, 0.717) is 16.9 Å². The molecule has 1 aliphatic carbocycles. The zero-order valence-corrected chi connectivity index (χ0v) is 15.8. The van der Waals surface area contributed by atoms with Gasteiger partial charge in [0.25, 0.3) is 5.91 Å². The van der Waals surface area contributed by atoms with Crippen LogP contribution in [-0.4, -0.2) is 17.7 Å². The highest BCUT2D eigenvalue weighted by Crippen LogP contribution is 2.32. The zero-order chi connectivity index (χ0) is 20.4. The summed E-state index contributed by atoms with van der Waals surface area (Å²) in [5.41, 5.74) is 7.48. The third-order valence-corrected chi connectivity index (χ3v) is 4.93. The van der Waals surface area contributed by atoms with Gasteiger partial charge >= 0.3 is 0 Å². The highest BCUT2D eigenvalue weighted by Gasteiger charge is 2.30. The summed E-state index contributed by atoms with van der Waals surface area (Å²) >= 11 is 0. The zero-order valence-electron chi connectivity index (χ0n) is 15.8. The van der Waals surface area contributed by atoms with E-state index in [1.54, 1.807) is 30.3 Å². The Labute approximate surface area is 168 Å². The van der Waals surface area contributed by atoms with Crippen LogP contribution < -0.4 is 16.4 Å². The lowest BCUT2D eigenvalue weighted by atomic mass is 10.0. The van der Waals surface area contributed by atoms with Gasteiger partial charge in [-0.25, -0.2) is 0 Å². The summed E-state index contributed by atoms with van der Waals surface area (Å²) in [4.78, 5) is 36.3. The number of hydrogen-bond donors (Lipinski definition) is 3. The van der Waals surface area contributed by atoms with Gasteiger partial charge in [0.05, 0.1) is 17.7 Å². The number of nitrogens with two attached hydrogens (primary N) is 1. The summed E-state index contributed by atoms with van der Waals surface area (Å²) < 4.78 is 0. The number of benzene rings is 3. The molecule has 0 aliphatic heterocycles. The van der Waals surface area contributed by atoms with E-state index in [9.17, 15) is 14.4 Å². The number of primary amides is 1. The first kappa shape index (κ1) is 18.7. The molecule has 1 fully saturated rings. The largest absolute Gasteiger partial charge is 0.369 e. The van der Waals surface area contributed by atoms with Crippen LogP contribution in [0.1, 0.15) is 28.8 Å². The van der Waals surface area contributed by atoms with E-state index in [2.05, 4.69) is 10.6 Å². The molecule has 3 aromatic rings. The summed E-state index contributed by atoms with van der Waals surface area (Å²) in [7, 11) is 0. The fourth-order valence-electron chi connectivity index (χ4n) is 3.22. The Kier molecular flexibility index (Phi) is 4.99. The molecule has 4 rings (SSSR count). The lowest BCUT2D eigenvalue weighted by Crippen LogP contribution is -2.19. The van der Waals surface area contributed by atoms with Gasteiger partial charge in [-0.3, -0.25) is 14.4 Å². The van der Waals surface area contributed by atoms with Crippen LogP contribution >= 0.6 is 0 Å². The van der Waals surface area contributed by atoms with Crippen molar-refractivity contribution in [2.24, 2.45) is 11.7 Å². The van der Waals surface area contributed by atoms with Crippen molar-refractivity contribution < 1.29 is 14.4 Å². The van der Waals surface area contributed by atoms with Crippen LogP contribution in [0.2, 0.25) is 0 Å². The fourth-order valence-corrected chi connectivity index (χ4v) is 3.22. The molecule has 0 unspecified atom stereocenters. The first-order valence-electron chi connectivity index (χ1n) is 9.52. The van der Waals surface area contributed by atoms with Gasteiger partial charge in [-0.05, 0) is 53.4 Å². The second-order valence-electron chi connectivity index (χ2n) is 7.30. The standard InChI is InChI=1S/C23H21N3O3/c24-21(27)11-14-5-9-18(10-6-14)25-23(29)19-12-16-3-1-2-4-17(16)13-20(19)26-22(28)15-7-8-15/h1-6,9-10,12-13,15H,7-8,11H2,(H2,24,27)(H,25,29)(H,26,28). The van der Waals surface area contributed by atoms with Crippen molar-refractivity contribution in [3.63, 3.8) is 0 Å². The highest BCUT2D eigenvalue weighted by atomic mass is 16.2. The molecule has 0 radical (unpaired) electrons. The first-order chi connectivity index (χ1) is 14.0. The van der Waals surface area contributed by atoms with Crippen LogP contribution in [0, 0.1) is 5.92 Å². The summed E-state index contributed by atoms with van der Waals surface area (Å²) in [6.07, 6.45) is 1.92. The van der Waals surface area contributed by atoms with Crippen LogP contribution in [-0.2, 0) is 16.0 Å². The molecule has 0 aromatic heterocycles. The molecular formula is C23H21N3O3. The minimum absolute atomic E-state index is 0.0372. The third-order valence-electron chi connectivity index (χ3n) is 4.93. The minimum atomic E-state index is -0.408. The number of hydrogen-bond acceptors (Lipinski definition) is 3. The molecule has 6 nitrogen and oxygen atoms in total. The summed E-state index contributed by atoms with van der Waals surface area (Å²) in [5.74, 6) is -0.737. The average molecular weight is 387 g/mol. The number of carbonyl (C=O) groups excluding carboxylic acids is 3. The Morgan fingerprint density at radius 1 is 0.897 bits per heavy atom. The molecular weight excluding hydrogens is 366 g/mol. The quantitative estimate of drug-likeness (QED) is 0.604. The van der Waals surface area contributed by atoms with E-state index < -0.39 is 5.91 Å². The van der Waals surface area contributed by atoms with E-state index in [1.807, 2.05) is 30.3 Å². The monoisotopic (exact) mass is 387 g/mol. The van der Waals surface area contributed by atoms with Gasteiger partial charge in [0.2, 0.25) is 11.8 Å². The summed E-state index contributed by atoms with van der Waals surface area (Å²) in [6, 6.07) is 18.3. The molecule has 1 saturated carbocycles. The molecule has 0 saturated heterocycles. The van der Waals surface area contributed by atoms with Gasteiger partial charge < -0.3 is 16.4 Å². The van der Waals surface area contributed by atoms with Gasteiger partial charge in [-0.1, -0.05) is 36.4 Å². The Morgan fingerprint density at radius 3 is 2.17 bits per heavy atom. The van der Waals surface area contributed by atoms with E-state index in [0.717, 1.165) is 29.2 Å². The molecule has 0 bridgehead atoms. The second kappa shape index (κ2) is 7.75. The normalized spacial score (nSPS) is 13.1. The number of carbonyl (C=O) groups is 3. The van der Waals surface area contributed by atoms with Crippen LogP contribution in [0.5, 0.6) is 0 Å². The highest BCUT2D eigenvalue weighted by molar-refractivity contribution is 6.13. The van der Waals surface area contributed by atoms with E-state index in [1.165, 1.54) is 0 Å². The number of nitrogens with one attached hydrogen (secondary N) is 2. The molecule has 6 heteroatoms. The predicted molar refractivity (Wildman–Crippen MR) is 113 cm³/mol. The minimum Gasteiger partial charge on any atom is -0.369 e. The summed E-state index contributed by atoms with van der Waals surface area (Å²) in [5, 5.41) is 7.63. The average Bonchev–Trinajstić information content (AvgIpc) is 3.54. The Balaban J connectivity index is 1.61. The number of rotatable bonds is 6. The molecule has 0 spiro atoms. The van der Waals surface area contributed by atoms with E-state index in [-0.39, 0.29) is 24.2 Å². The van der Waals surface area contributed by atoms with Crippen molar-refractivity contribution in [2.75, 3.05) is 10.6 Å². The molecule has 4 N–H and O–H groups in total. The Hall–Kier alpha value is -3.67.